The molecule has 2 aromatic rings. The quantitative estimate of drug-likeness (QED) is 0.177. The van der Waals surface area contributed by atoms with Gasteiger partial charge in [0.1, 0.15) is 17.9 Å². The van der Waals surface area contributed by atoms with Crippen LogP contribution < -0.4 is 10.1 Å². The predicted octanol–water partition coefficient (Wildman–Crippen LogP) is 6.37. The topological polar surface area (TPSA) is 103 Å². The molecule has 4 aliphatic carbocycles. The number of rotatable bonds is 10. The lowest BCUT2D eigenvalue weighted by molar-refractivity contribution is -0.162. The van der Waals surface area contributed by atoms with E-state index in [0.29, 0.717) is 35.8 Å². The number of Topliss-reactive ketones (excluding diaryl/α,β-unsaturated/α-hetero) is 1. The third kappa shape index (κ3) is 6.02. The van der Waals surface area contributed by atoms with Crippen LogP contribution in [-0.2, 0) is 28.6 Å². The van der Waals surface area contributed by atoms with E-state index in [1.807, 2.05) is 56.0 Å². The molecular weight excluding hydrogens is 620 g/mol. The molecule has 6 aliphatic rings. The molecule has 6 unspecified atom stereocenters. The van der Waals surface area contributed by atoms with E-state index in [1.54, 1.807) is 19.4 Å². The number of esters is 1. The number of fused-ring (bicyclic) bond motifs is 6. The van der Waals surface area contributed by atoms with Gasteiger partial charge in [0.15, 0.2) is 17.3 Å². The molecule has 8 rings (SSSR count). The molecule has 3 saturated carbocycles. The van der Waals surface area contributed by atoms with E-state index >= 15 is 0 Å². The zero-order valence-electron chi connectivity index (χ0n) is 28.7. The Kier molecular flexibility index (Phi) is 9.03. The van der Waals surface area contributed by atoms with Crippen molar-refractivity contribution in [3.8, 4) is 5.75 Å². The van der Waals surface area contributed by atoms with E-state index in [0.717, 1.165) is 47.8 Å². The molecule has 2 aromatic carbocycles. The highest BCUT2D eigenvalue weighted by molar-refractivity contribution is 6.21. The smallest absolute Gasteiger partial charge is 0.329 e. The van der Waals surface area contributed by atoms with Gasteiger partial charge in [-0.3, -0.25) is 9.59 Å². The molecule has 9 heteroatoms. The third-order valence-corrected chi connectivity index (χ3v) is 11.4. The number of nitrogens with zero attached hydrogens (tertiary/aromatic N) is 1. The first-order valence-electron chi connectivity index (χ1n) is 17.6. The van der Waals surface area contributed by atoms with Crippen LogP contribution in [0.5, 0.6) is 5.75 Å². The van der Waals surface area contributed by atoms with Crippen LogP contribution in [0.4, 0.5) is 0 Å². The number of likely N-dealkylation sites (N-methyl/N-ethyl adjacent to an activating group) is 1. The van der Waals surface area contributed by atoms with Gasteiger partial charge in [-0.05, 0) is 91.3 Å². The molecule has 49 heavy (non-hydrogen) atoms. The van der Waals surface area contributed by atoms with Crippen LogP contribution in [0.1, 0.15) is 58.1 Å². The highest BCUT2D eigenvalue weighted by Crippen LogP contribution is 2.54. The Morgan fingerprint density at radius 2 is 1.86 bits per heavy atom. The van der Waals surface area contributed by atoms with Crippen molar-refractivity contribution in [2.75, 3.05) is 20.4 Å². The predicted molar refractivity (Wildman–Crippen MR) is 185 cm³/mol. The largest absolute Gasteiger partial charge is 0.497 e. The van der Waals surface area contributed by atoms with Crippen molar-refractivity contribution in [3.05, 3.63) is 90.1 Å². The van der Waals surface area contributed by atoms with Gasteiger partial charge >= 0.3 is 5.97 Å². The number of carbonyl (C=O) groups is 3. The summed E-state index contributed by atoms with van der Waals surface area (Å²) in [6.45, 7) is 10.5. The van der Waals surface area contributed by atoms with Gasteiger partial charge in [0, 0.05) is 24.2 Å². The monoisotopic (exact) mass is 666 g/mol. The fourth-order valence-corrected chi connectivity index (χ4v) is 8.71. The molecule has 0 radical (unpaired) electrons. The zero-order chi connectivity index (χ0) is 34.4. The van der Waals surface area contributed by atoms with Crippen molar-refractivity contribution in [1.29, 1.82) is 0 Å². The van der Waals surface area contributed by atoms with Gasteiger partial charge < -0.3 is 29.2 Å². The summed E-state index contributed by atoms with van der Waals surface area (Å²) in [5.41, 5.74) is 0.948. The molecule has 1 amide bonds. The van der Waals surface area contributed by atoms with Crippen LogP contribution >= 0.6 is 0 Å². The molecule has 0 spiro atoms. The first-order valence-corrected chi connectivity index (χ1v) is 17.6. The van der Waals surface area contributed by atoms with Gasteiger partial charge in [0.2, 0.25) is 6.79 Å². The van der Waals surface area contributed by atoms with E-state index in [4.69, 9.17) is 18.9 Å². The lowest BCUT2D eigenvalue weighted by Crippen LogP contribution is -2.51. The number of hydrogen-bond donors (Lipinski definition) is 1. The summed E-state index contributed by atoms with van der Waals surface area (Å²) in [6, 6.07) is 10.8. The number of allylic oxidation sites excluding steroid dienone is 1. The Hall–Kier alpha value is -4.53. The van der Waals surface area contributed by atoms with Crippen molar-refractivity contribution in [3.63, 3.8) is 0 Å². The van der Waals surface area contributed by atoms with E-state index in [2.05, 4.69) is 30.1 Å². The number of hydrogen-bond acceptors (Lipinski definition) is 8. The Bertz CT molecular complexity index is 1760. The van der Waals surface area contributed by atoms with Crippen molar-refractivity contribution in [2.24, 2.45) is 35.5 Å². The van der Waals surface area contributed by atoms with Gasteiger partial charge in [0.05, 0.1) is 24.6 Å². The van der Waals surface area contributed by atoms with Crippen molar-refractivity contribution in [2.45, 2.75) is 64.6 Å². The maximum atomic E-state index is 14.3. The Labute approximate surface area is 288 Å². The van der Waals surface area contributed by atoms with E-state index in [-0.39, 0.29) is 36.0 Å². The number of ether oxygens (including phenoxy) is 4. The van der Waals surface area contributed by atoms with E-state index < -0.39 is 29.9 Å². The van der Waals surface area contributed by atoms with Crippen molar-refractivity contribution in [1.82, 2.24) is 10.2 Å². The molecule has 8 atom stereocenters. The summed E-state index contributed by atoms with van der Waals surface area (Å²) < 4.78 is 23.3. The SMILES string of the molecule is C=CC1CC2CCC1CC2[C@H](OC(=O)[C@@H](NC(=O)C1=CN(CC)C2C=C3OCOC3=CC2C1=O)C(C)C)c1cccc2ccc(OC)cc12. The molecule has 0 aromatic heterocycles. The molecule has 2 aliphatic heterocycles. The highest BCUT2D eigenvalue weighted by Gasteiger charge is 2.47. The van der Waals surface area contributed by atoms with Gasteiger partial charge in [-0.1, -0.05) is 44.2 Å². The third-order valence-electron chi connectivity index (χ3n) is 11.4. The molecule has 4 fully saturated rings. The molecule has 1 saturated heterocycles. The second-order valence-electron chi connectivity index (χ2n) is 14.3. The van der Waals surface area contributed by atoms with Crippen LogP contribution in [0, 0.1) is 35.5 Å². The maximum absolute atomic E-state index is 14.3. The summed E-state index contributed by atoms with van der Waals surface area (Å²) in [6.07, 6.45) is 11.0. The number of benzene rings is 2. The fourth-order valence-electron chi connectivity index (χ4n) is 8.71. The fraction of sp³-hybridized carbons (Fsp3) is 0.475. The second kappa shape index (κ2) is 13.4. The van der Waals surface area contributed by atoms with Gasteiger partial charge in [0.25, 0.3) is 5.91 Å². The number of amides is 1. The number of nitrogens with one attached hydrogen (secondary N) is 1. The lowest BCUT2D eigenvalue weighted by atomic mass is 9.58. The van der Waals surface area contributed by atoms with Crippen LogP contribution in [0.3, 0.4) is 0 Å². The normalized spacial score (nSPS) is 28.2. The van der Waals surface area contributed by atoms with Crippen molar-refractivity contribution >= 4 is 28.4 Å². The Balaban J connectivity index is 1.18. The van der Waals surface area contributed by atoms with Gasteiger partial charge in [-0.25, -0.2) is 4.79 Å². The summed E-state index contributed by atoms with van der Waals surface area (Å²) >= 11 is 0. The minimum atomic E-state index is -0.967. The summed E-state index contributed by atoms with van der Waals surface area (Å²) in [7, 11) is 1.65. The number of methoxy groups -OCH3 is 1. The average molecular weight is 667 g/mol. The highest BCUT2D eigenvalue weighted by atomic mass is 16.7. The molecular formula is C40H46N2O7. The molecule has 2 bridgehead atoms. The van der Waals surface area contributed by atoms with E-state index in [1.165, 1.54) is 0 Å². The van der Waals surface area contributed by atoms with Gasteiger partial charge in [-0.2, -0.15) is 0 Å². The zero-order valence-corrected chi connectivity index (χ0v) is 28.7. The Morgan fingerprint density at radius 1 is 1.08 bits per heavy atom. The van der Waals surface area contributed by atoms with Gasteiger partial charge in [-0.15, -0.1) is 6.58 Å². The number of ketones is 1. The number of carbonyl (C=O) groups excluding carboxylic acids is 3. The molecule has 9 nitrogen and oxygen atoms in total. The maximum Gasteiger partial charge on any atom is 0.329 e. The van der Waals surface area contributed by atoms with E-state index in [9.17, 15) is 14.4 Å². The molecule has 1 N–H and O–H groups in total. The average Bonchev–Trinajstić information content (AvgIpc) is 3.59. The van der Waals surface area contributed by atoms with Crippen LogP contribution in [0.15, 0.2) is 84.5 Å². The molecule has 2 heterocycles. The standard InChI is InChI=1S/C40H46N2O7/c1-6-23-15-26-12-11-25(23)16-30(26)38(28-10-8-9-24-13-14-27(46-5)17-29(24)28)49-40(45)36(22(3)4)41-39(44)32-20-42(7-2)33-19-35-34(47-21-48-35)18-31(33)37(32)43/h6,8-10,13-14,17-20,22-23,25-26,30-31,33,36,38H,1,7,11-12,15-16,21H2,2-5H3,(H,41,44)/t23?,25?,26?,30?,31?,33?,36-,38+/m0/s1. The lowest BCUT2D eigenvalue weighted by Gasteiger charge is -2.49. The summed E-state index contributed by atoms with van der Waals surface area (Å²) in [5.74, 6) is 1.01. The first kappa shape index (κ1) is 33.0. The summed E-state index contributed by atoms with van der Waals surface area (Å²) in [5, 5.41) is 4.93. The van der Waals surface area contributed by atoms with Crippen LogP contribution in [0.25, 0.3) is 10.8 Å². The Morgan fingerprint density at radius 3 is 2.55 bits per heavy atom. The van der Waals surface area contributed by atoms with Crippen molar-refractivity contribution < 1.29 is 33.3 Å². The molecule has 258 valence electrons. The second-order valence-corrected chi connectivity index (χ2v) is 14.3. The minimum absolute atomic E-state index is 0.00641. The van der Waals surface area contributed by atoms with Crippen LogP contribution in [0.2, 0.25) is 0 Å². The minimum Gasteiger partial charge on any atom is -0.497 e. The van der Waals surface area contributed by atoms with Crippen LogP contribution in [-0.4, -0.2) is 55.1 Å². The first-order chi connectivity index (χ1) is 23.7. The summed E-state index contributed by atoms with van der Waals surface area (Å²) in [4.78, 5) is 44.0.